The molecule has 2 atom stereocenters. The Bertz CT molecular complexity index is 365. The second-order valence-electron chi connectivity index (χ2n) is 6.52. The first-order valence-corrected chi connectivity index (χ1v) is 7.56. The van der Waals surface area contributed by atoms with Crippen molar-refractivity contribution < 1.29 is 9.59 Å². The molecule has 4 nitrogen and oxygen atoms in total. The maximum Gasteiger partial charge on any atom is 0.248 e. The Morgan fingerprint density at radius 3 is 2.74 bits per heavy atom. The molecule has 2 fully saturated rings. The summed E-state index contributed by atoms with van der Waals surface area (Å²) in [7, 11) is 0. The average molecular weight is 266 g/mol. The first kappa shape index (κ1) is 14.4. The molecule has 0 bridgehead atoms. The molecule has 1 N–H and O–H groups in total. The van der Waals surface area contributed by atoms with Gasteiger partial charge in [-0.3, -0.25) is 9.59 Å². The molecule has 1 saturated heterocycles. The van der Waals surface area contributed by atoms with Gasteiger partial charge < -0.3 is 10.2 Å². The molecule has 0 aromatic carbocycles. The lowest BCUT2D eigenvalue weighted by molar-refractivity contribution is -0.140. The van der Waals surface area contributed by atoms with Crippen LogP contribution in [0.5, 0.6) is 0 Å². The summed E-state index contributed by atoms with van der Waals surface area (Å²) >= 11 is 0. The number of amides is 2. The molecule has 1 heterocycles. The van der Waals surface area contributed by atoms with E-state index in [1.165, 1.54) is 19.3 Å². The van der Waals surface area contributed by atoms with E-state index in [0.29, 0.717) is 19.0 Å². The minimum atomic E-state index is -0.757. The molecule has 1 saturated carbocycles. The van der Waals surface area contributed by atoms with Crippen molar-refractivity contribution in [3.8, 4) is 0 Å². The fourth-order valence-corrected chi connectivity index (χ4v) is 3.41. The molecule has 1 aliphatic heterocycles. The van der Waals surface area contributed by atoms with Gasteiger partial charge in [-0.15, -0.1) is 0 Å². The van der Waals surface area contributed by atoms with Crippen LogP contribution in [0.1, 0.15) is 59.3 Å². The molecule has 0 spiro atoms. The zero-order valence-electron chi connectivity index (χ0n) is 12.4. The fraction of sp³-hybridized carbons (Fsp3) is 0.867. The van der Waals surface area contributed by atoms with Gasteiger partial charge in [0.2, 0.25) is 11.8 Å². The van der Waals surface area contributed by atoms with Crippen molar-refractivity contribution in [3.63, 3.8) is 0 Å². The van der Waals surface area contributed by atoms with Crippen LogP contribution in [0.3, 0.4) is 0 Å². The molecule has 0 radical (unpaired) electrons. The Balaban J connectivity index is 2.13. The molecule has 4 heteroatoms. The predicted molar refractivity (Wildman–Crippen MR) is 74.6 cm³/mol. The Hall–Kier alpha value is -1.06. The molecular weight excluding hydrogens is 240 g/mol. The van der Waals surface area contributed by atoms with Gasteiger partial charge in [0.15, 0.2) is 0 Å². The minimum absolute atomic E-state index is 0.0105. The van der Waals surface area contributed by atoms with E-state index < -0.39 is 5.54 Å². The summed E-state index contributed by atoms with van der Waals surface area (Å²) in [6.07, 6.45) is 6.31. The lowest BCUT2D eigenvalue weighted by atomic mass is 9.83. The van der Waals surface area contributed by atoms with Crippen LogP contribution in [0.25, 0.3) is 0 Å². The van der Waals surface area contributed by atoms with Crippen LogP contribution in [0.2, 0.25) is 0 Å². The molecular formula is C15H26N2O2. The van der Waals surface area contributed by atoms with E-state index in [1.807, 2.05) is 18.7 Å². The Labute approximate surface area is 115 Å². The van der Waals surface area contributed by atoms with E-state index in [1.54, 1.807) is 0 Å². The van der Waals surface area contributed by atoms with Gasteiger partial charge in [-0.2, -0.15) is 0 Å². The standard InChI is InChI=1S/C15H26N2O2/c1-4-11-6-5-7-12(10-11)17-9-8-13(18)16-15(2,3)14(17)19/h11-12H,4-10H2,1-3H3,(H,16,18). The molecule has 2 rings (SSSR count). The Kier molecular flexibility index (Phi) is 4.16. The van der Waals surface area contributed by atoms with Crippen molar-refractivity contribution in [3.05, 3.63) is 0 Å². The van der Waals surface area contributed by atoms with Crippen molar-refractivity contribution in [2.24, 2.45) is 5.92 Å². The maximum atomic E-state index is 12.6. The third-order valence-corrected chi connectivity index (χ3v) is 4.60. The number of rotatable bonds is 2. The van der Waals surface area contributed by atoms with Gasteiger partial charge in [0.1, 0.15) is 5.54 Å². The monoisotopic (exact) mass is 266 g/mol. The van der Waals surface area contributed by atoms with Gasteiger partial charge in [0, 0.05) is 19.0 Å². The highest BCUT2D eigenvalue weighted by Crippen LogP contribution is 2.31. The molecule has 0 aromatic rings. The van der Waals surface area contributed by atoms with Crippen LogP contribution in [0.4, 0.5) is 0 Å². The largest absolute Gasteiger partial charge is 0.342 e. The van der Waals surface area contributed by atoms with E-state index in [0.717, 1.165) is 18.8 Å². The summed E-state index contributed by atoms with van der Waals surface area (Å²) in [5.74, 6) is 0.811. The first-order valence-electron chi connectivity index (χ1n) is 7.56. The number of carbonyl (C=O) groups is 2. The summed E-state index contributed by atoms with van der Waals surface area (Å²) < 4.78 is 0. The topological polar surface area (TPSA) is 49.4 Å². The third-order valence-electron chi connectivity index (χ3n) is 4.60. The lowest BCUT2D eigenvalue weighted by Crippen LogP contribution is -2.55. The number of carbonyl (C=O) groups excluding carboxylic acids is 2. The molecule has 2 amide bonds. The summed E-state index contributed by atoms with van der Waals surface area (Å²) in [4.78, 5) is 26.3. The fourth-order valence-electron chi connectivity index (χ4n) is 3.41. The first-order chi connectivity index (χ1) is 8.94. The van der Waals surface area contributed by atoms with Crippen molar-refractivity contribution in [1.82, 2.24) is 10.2 Å². The zero-order valence-corrected chi connectivity index (χ0v) is 12.4. The van der Waals surface area contributed by atoms with Crippen LogP contribution in [-0.4, -0.2) is 34.8 Å². The highest BCUT2D eigenvalue weighted by atomic mass is 16.2. The summed E-state index contributed by atoms with van der Waals surface area (Å²) in [6.45, 7) is 6.43. The van der Waals surface area contributed by atoms with Gasteiger partial charge >= 0.3 is 0 Å². The van der Waals surface area contributed by atoms with Crippen LogP contribution in [0, 0.1) is 5.92 Å². The zero-order chi connectivity index (χ0) is 14.0. The number of hydrogen-bond donors (Lipinski definition) is 1. The Morgan fingerprint density at radius 1 is 1.32 bits per heavy atom. The highest BCUT2D eigenvalue weighted by molar-refractivity contribution is 5.93. The van der Waals surface area contributed by atoms with Gasteiger partial charge in [-0.05, 0) is 32.6 Å². The molecule has 2 aliphatic rings. The van der Waals surface area contributed by atoms with Crippen LogP contribution in [-0.2, 0) is 9.59 Å². The molecule has 19 heavy (non-hydrogen) atoms. The average Bonchev–Trinajstić information content (AvgIpc) is 2.47. The van der Waals surface area contributed by atoms with Crippen molar-refractivity contribution in [1.29, 1.82) is 0 Å². The molecule has 1 aliphatic carbocycles. The van der Waals surface area contributed by atoms with E-state index in [2.05, 4.69) is 12.2 Å². The van der Waals surface area contributed by atoms with Crippen LogP contribution < -0.4 is 5.32 Å². The van der Waals surface area contributed by atoms with E-state index in [9.17, 15) is 9.59 Å². The minimum Gasteiger partial charge on any atom is -0.342 e. The number of hydrogen-bond acceptors (Lipinski definition) is 2. The Morgan fingerprint density at radius 2 is 2.05 bits per heavy atom. The van der Waals surface area contributed by atoms with Gasteiger partial charge in [-0.1, -0.05) is 26.2 Å². The predicted octanol–water partition coefficient (Wildman–Crippen LogP) is 2.08. The summed E-state index contributed by atoms with van der Waals surface area (Å²) in [5, 5.41) is 2.83. The van der Waals surface area contributed by atoms with Gasteiger partial charge in [0.25, 0.3) is 0 Å². The summed E-state index contributed by atoms with van der Waals surface area (Å²) in [5.41, 5.74) is -0.757. The van der Waals surface area contributed by atoms with Gasteiger partial charge in [0.05, 0.1) is 0 Å². The molecule has 108 valence electrons. The highest BCUT2D eigenvalue weighted by Gasteiger charge is 2.40. The third kappa shape index (κ3) is 3.10. The lowest BCUT2D eigenvalue weighted by Gasteiger charge is -2.39. The molecule has 2 unspecified atom stereocenters. The van der Waals surface area contributed by atoms with Crippen LogP contribution >= 0.6 is 0 Å². The normalized spacial score (nSPS) is 31.8. The number of nitrogens with zero attached hydrogens (tertiary/aromatic N) is 1. The quantitative estimate of drug-likeness (QED) is 0.832. The van der Waals surface area contributed by atoms with Gasteiger partial charge in [-0.25, -0.2) is 0 Å². The van der Waals surface area contributed by atoms with Crippen LogP contribution in [0.15, 0.2) is 0 Å². The van der Waals surface area contributed by atoms with E-state index >= 15 is 0 Å². The SMILES string of the molecule is CCC1CCCC(N2CCC(=O)NC(C)(C)C2=O)C1. The maximum absolute atomic E-state index is 12.6. The van der Waals surface area contributed by atoms with Crippen molar-refractivity contribution >= 4 is 11.8 Å². The number of nitrogens with one attached hydrogen (secondary N) is 1. The van der Waals surface area contributed by atoms with E-state index in [-0.39, 0.29) is 11.8 Å². The van der Waals surface area contributed by atoms with Crippen molar-refractivity contribution in [2.75, 3.05) is 6.54 Å². The second kappa shape index (κ2) is 5.51. The van der Waals surface area contributed by atoms with E-state index in [4.69, 9.17) is 0 Å². The smallest absolute Gasteiger partial charge is 0.248 e. The summed E-state index contributed by atoms with van der Waals surface area (Å²) in [6, 6.07) is 0.332. The second-order valence-corrected chi connectivity index (χ2v) is 6.52. The molecule has 0 aromatic heterocycles. The van der Waals surface area contributed by atoms with Crippen molar-refractivity contribution in [2.45, 2.75) is 70.9 Å².